The second-order valence-corrected chi connectivity index (χ2v) is 8.57. The number of fused-ring (bicyclic) bond motifs is 1. The van der Waals surface area contributed by atoms with Crippen molar-refractivity contribution < 1.29 is 4.79 Å². The van der Waals surface area contributed by atoms with Crippen LogP contribution in [0, 0.1) is 6.92 Å². The van der Waals surface area contributed by atoms with E-state index in [1.165, 1.54) is 0 Å². The van der Waals surface area contributed by atoms with E-state index in [0.717, 1.165) is 18.5 Å². The van der Waals surface area contributed by atoms with Crippen molar-refractivity contribution in [1.29, 1.82) is 0 Å². The quantitative estimate of drug-likeness (QED) is 0.656. The number of aromatic nitrogens is 5. The summed E-state index contributed by atoms with van der Waals surface area (Å²) >= 11 is 0. The molecule has 1 aliphatic heterocycles. The molecular formula is C22H28N8O2. The molecule has 0 aliphatic carbocycles. The molecular weight excluding hydrogens is 408 g/mol. The molecule has 0 spiro atoms. The third kappa shape index (κ3) is 4.12. The Balaban J connectivity index is 1.61. The number of anilines is 2. The number of hydrogen-bond donors (Lipinski definition) is 1. The number of nitrogens with zero attached hydrogens (tertiary/aromatic N) is 7. The van der Waals surface area contributed by atoms with E-state index in [0.29, 0.717) is 47.1 Å². The van der Waals surface area contributed by atoms with Crippen LogP contribution in [0.5, 0.6) is 0 Å². The molecule has 1 fully saturated rings. The number of aryl methyl sites for hydroxylation is 1. The van der Waals surface area contributed by atoms with Gasteiger partial charge in [-0.3, -0.25) is 9.59 Å². The minimum Gasteiger partial charge on any atom is -0.347 e. The van der Waals surface area contributed by atoms with Crippen molar-refractivity contribution in [3.63, 3.8) is 0 Å². The van der Waals surface area contributed by atoms with Crippen LogP contribution >= 0.6 is 0 Å². The number of aromatic amines is 1. The Bertz CT molecular complexity index is 1220. The van der Waals surface area contributed by atoms with Gasteiger partial charge in [0.05, 0.1) is 22.2 Å². The highest BCUT2D eigenvalue weighted by molar-refractivity contribution is 5.95. The Kier molecular flexibility index (Phi) is 5.77. The average molecular weight is 437 g/mol. The Morgan fingerprint density at radius 1 is 1.09 bits per heavy atom. The maximum atomic E-state index is 13.2. The van der Waals surface area contributed by atoms with Gasteiger partial charge in [0.25, 0.3) is 11.5 Å². The molecule has 10 heteroatoms. The van der Waals surface area contributed by atoms with E-state index in [9.17, 15) is 9.59 Å². The SMILES string of the molecule is Cc1nc(N(C)C)ncc1C(=O)N1CCC[C@@H](c2cc3nc(N(C)C)ncc3c(=O)[nH]2)C1. The predicted molar refractivity (Wildman–Crippen MR) is 123 cm³/mol. The number of nitrogens with one attached hydrogen (secondary N) is 1. The largest absolute Gasteiger partial charge is 0.347 e. The second-order valence-electron chi connectivity index (χ2n) is 8.57. The lowest BCUT2D eigenvalue weighted by atomic mass is 9.93. The van der Waals surface area contributed by atoms with Crippen molar-refractivity contribution >= 4 is 28.7 Å². The van der Waals surface area contributed by atoms with E-state index >= 15 is 0 Å². The predicted octanol–water partition coefficient (Wildman–Crippen LogP) is 1.57. The summed E-state index contributed by atoms with van der Waals surface area (Å²) in [6.45, 7) is 3.00. The third-order valence-electron chi connectivity index (χ3n) is 5.75. The van der Waals surface area contributed by atoms with Crippen LogP contribution in [0.25, 0.3) is 10.9 Å². The van der Waals surface area contributed by atoms with E-state index in [1.807, 2.05) is 46.1 Å². The molecule has 168 valence electrons. The summed E-state index contributed by atoms with van der Waals surface area (Å²) in [4.78, 5) is 51.8. The fourth-order valence-corrected chi connectivity index (χ4v) is 3.95. The number of rotatable bonds is 4. The van der Waals surface area contributed by atoms with Crippen molar-refractivity contribution in [1.82, 2.24) is 29.8 Å². The minimum absolute atomic E-state index is 0.0184. The van der Waals surface area contributed by atoms with Gasteiger partial charge in [-0.1, -0.05) is 0 Å². The zero-order valence-corrected chi connectivity index (χ0v) is 19.1. The first-order chi connectivity index (χ1) is 15.2. The molecule has 0 aromatic carbocycles. The molecule has 0 unspecified atom stereocenters. The first-order valence-electron chi connectivity index (χ1n) is 10.6. The average Bonchev–Trinajstić information content (AvgIpc) is 2.78. The summed E-state index contributed by atoms with van der Waals surface area (Å²) < 4.78 is 0. The first-order valence-corrected chi connectivity index (χ1v) is 10.6. The lowest BCUT2D eigenvalue weighted by Gasteiger charge is -2.33. The van der Waals surface area contributed by atoms with Gasteiger partial charge in [0.1, 0.15) is 0 Å². The molecule has 1 aliphatic rings. The summed E-state index contributed by atoms with van der Waals surface area (Å²) in [6, 6.07) is 1.91. The van der Waals surface area contributed by atoms with Crippen molar-refractivity contribution in [3.8, 4) is 0 Å². The fraction of sp³-hybridized carbons (Fsp3) is 0.455. The van der Waals surface area contributed by atoms with Crippen LogP contribution in [0.3, 0.4) is 0 Å². The normalized spacial score (nSPS) is 16.3. The number of amides is 1. The lowest BCUT2D eigenvalue weighted by molar-refractivity contribution is 0.0704. The number of H-pyrrole nitrogens is 1. The Morgan fingerprint density at radius 3 is 2.47 bits per heavy atom. The highest BCUT2D eigenvalue weighted by Crippen LogP contribution is 2.28. The Hall–Kier alpha value is -3.56. The number of hydrogen-bond acceptors (Lipinski definition) is 8. The van der Waals surface area contributed by atoms with Gasteiger partial charge >= 0.3 is 0 Å². The first kappa shape index (κ1) is 21.7. The van der Waals surface area contributed by atoms with Crippen LogP contribution in [-0.4, -0.2) is 77.0 Å². The van der Waals surface area contributed by atoms with Gasteiger partial charge in [0, 0.05) is 65.3 Å². The molecule has 1 N–H and O–H groups in total. The molecule has 4 heterocycles. The highest BCUT2D eigenvalue weighted by atomic mass is 16.2. The van der Waals surface area contributed by atoms with E-state index in [-0.39, 0.29) is 17.4 Å². The molecule has 10 nitrogen and oxygen atoms in total. The topological polar surface area (TPSA) is 111 Å². The summed E-state index contributed by atoms with van der Waals surface area (Å²) in [5.41, 5.74) is 2.35. The maximum Gasteiger partial charge on any atom is 0.259 e. The van der Waals surface area contributed by atoms with Gasteiger partial charge < -0.3 is 19.7 Å². The van der Waals surface area contributed by atoms with Crippen molar-refractivity contribution in [2.75, 3.05) is 51.1 Å². The standard InChI is InChI=1S/C22H28N8O2/c1-13-15(10-23-21(25-13)28(2)3)20(32)30-8-6-7-14(12-30)17-9-18-16(19(31)26-17)11-24-22(27-18)29(4)5/h9-11,14H,6-8,12H2,1-5H3,(H,26,31)/t14-/m1/s1. The molecule has 1 atom stereocenters. The summed E-state index contributed by atoms with van der Waals surface area (Å²) in [5.74, 6) is 1.05. The molecule has 0 saturated carbocycles. The smallest absolute Gasteiger partial charge is 0.259 e. The monoisotopic (exact) mass is 436 g/mol. The zero-order chi connectivity index (χ0) is 23.0. The van der Waals surface area contributed by atoms with Gasteiger partial charge in [-0.05, 0) is 25.8 Å². The van der Waals surface area contributed by atoms with Gasteiger partial charge in [-0.25, -0.2) is 19.9 Å². The van der Waals surface area contributed by atoms with Gasteiger partial charge in [0.15, 0.2) is 0 Å². The number of likely N-dealkylation sites (tertiary alicyclic amines) is 1. The van der Waals surface area contributed by atoms with Crippen LogP contribution in [0.4, 0.5) is 11.9 Å². The molecule has 32 heavy (non-hydrogen) atoms. The molecule has 4 rings (SSSR count). The molecule has 1 amide bonds. The van der Waals surface area contributed by atoms with Gasteiger partial charge in [0.2, 0.25) is 11.9 Å². The Morgan fingerprint density at radius 2 is 1.78 bits per heavy atom. The highest BCUT2D eigenvalue weighted by Gasteiger charge is 2.28. The number of pyridine rings is 1. The summed E-state index contributed by atoms with van der Waals surface area (Å²) in [5, 5.41) is 0.455. The molecule has 1 saturated heterocycles. The van der Waals surface area contributed by atoms with Crippen molar-refractivity contribution in [2.24, 2.45) is 0 Å². The van der Waals surface area contributed by atoms with Crippen LogP contribution in [-0.2, 0) is 0 Å². The Labute approximate surface area is 186 Å². The van der Waals surface area contributed by atoms with Crippen molar-refractivity contribution in [2.45, 2.75) is 25.7 Å². The van der Waals surface area contributed by atoms with Gasteiger partial charge in [-0.15, -0.1) is 0 Å². The van der Waals surface area contributed by atoms with E-state index in [2.05, 4.69) is 24.9 Å². The summed E-state index contributed by atoms with van der Waals surface area (Å²) in [7, 11) is 7.44. The van der Waals surface area contributed by atoms with Crippen molar-refractivity contribution in [3.05, 3.63) is 45.8 Å². The zero-order valence-electron chi connectivity index (χ0n) is 19.1. The molecule has 0 radical (unpaired) electrons. The number of carbonyl (C=O) groups is 1. The molecule has 3 aromatic rings. The number of piperidine rings is 1. The maximum absolute atomic E-state index is 13.2. The number of carbonyl (C=O) groups excluding carboxylic acids is 1. The van der Waals surface area contributed by atoms with E-state index in [4.69, 9.17) is 0 Å². The second kappa shape index (κ2) is 8.52. The van der Waals surface area contributed by atoms with Crippen LogP contribution < -0.4 is 15.4 Å². The minimum atomic E-state index is -0.213. The summed E-state index contributed by atoms with van der Waals surface area (Å²) in [6.07, 6.45) is 4.88. The van der Waals surface area contributed by atoms with E-state index in [1.54, 1.807) is 22.2 Å². The molecule has 3 aromatic heterocycles. The third-order valence-corrected chi connectivity index (χ3v) is 5.75. The van der Waals surface area contributed by atoms with Gasteiger partial charge in [-0.2, -0.15) is 0 Å². The van der Waals surface area contributed by atoms with Crippen LogP contribution in [0.1, 0.15) is 40.5 Å². The molecule has 0 bridgehead atoms. The fourth-order valence-electron chi connectivity index (χ4n) is 3.95. The van der Waals surface area contributed by atoms with E-state index < -0.39 is 0 Å². The van der Waals surface area contributed by atoms with Crippen LogP contribution in [0.2, 0.25) is 0 Å². The lowest BCUT2D eigenvalue weighted by Crippen LogP contribution is -2.40. The van der Waals surface area contributed by atoms with Crippen LogP contribution in [0.15, 0.2) is 23.3 Å².